The van der Waals surface area contributed by atoms with Crippen molar-refractivity contribution in [1.29, 1.82) is 0 Å². The minimum atomic E-state index is -1.25. The fourth-order valence-electron chi connectivity index (χ4n) is 4.55. The number of carbonyl (C=O) groups is 2. The molecule has 11 heteroatoms. The molecule has 3 aromatic carbocycles. The summed E-state index contributed by atoms with van der Waals surface area (Å²) < 4.78 is 26.9. The van der Waals surface area contributed by atoms with E-state index in [9.17, 15) is 14.7 Å². The lowest BCUT2D eigenvalue weighted by Crippen LogP contribution is -2.29. The van der Waals surface area contributed by atoms with E-state index in [-0.39, 0.29) is 21.8 Å². The van der Waals surface area contributed by atoms with Crippen LogP contribution in [-0.4, -0.2) is 40.2 Å². The zero-order chi connectivity index (χ0) is 27.8. The topological polar surface area (TPSA) is 102 Å². The Morgan fingerprint density at radius 1 is 1.05 bits per heavy atom. The fraction of sp³-hybridized carbons (Fsp3) is 0.172. The van der Waals surface area contributed by atoms with Gasteiger partial charge in [0.05, 0.1) is 5.57 Å². The number of fused-ring (bicyclic) bond motifs is 1. The Morgan fingerprint density at radius 3 is 2.58 bits per heavy atom. The quantitative estimate of drug-likeness (QED) is 0.103. The highest BCUT2D eigenvalue weighted by Crippen LogP contribution is 2.45. The number of benzene rings is 3. The number of hydrogen-bond donors (Lipinski definition) is 1. The molecule has 0 bridgehead atoms. The number of amides is 1. The van der Waals surface area contributed by atoms with Crippen molar-refractivity contribution in [3.8, 4) is 11.5 Å². The van der Waals surface area contributed by atoms with Crippen LogP contribution in [0.2, 0.25) is 0 Å². The van der Waals surface area contributed by atoms with E-state index in [4.69, 9.17) is 9.47 Å². The number of anilines is 1. The van der Waals surface area contributed by atoms with Gasteiger partial charge in [-0.25, -0.2) is 4.39 Å². The smallest absolute Gasteiger partial charge is 0.301 e. The summed E-state index contributed by atoms with van der Waals surface area (Å²) in [5.41, 5.74) is 2.28. The van der Waals surface area contributed by atoms with Crippen molar-refractivity contribution in [3.63, 3.8) is 0 Å². The molecule has 0 aliphatic carbocycles. The number of carbonyl (C=O) groups excluding carboxylic acids is 2. The highest BCUT2D eigenvalue weighted by Gasteiger charge is 2.49. The van der Waals surface area contributed by atoms with Gasteiger partial charge < -0.3 is 14.6 Å². The van der Waals surface area contributed by atoms with Gasteiger partial charge in [-0.15, -0.1) is 10.2 Å². The normalized spacial score (nSPS) is 17.9. The standard InChI is InChI=1S/C29H22FN3O5S2/c1-16-6-8-17(9-7-16)15-39-29-32-31-28(40-29)33-24(19-4-2-3-5-20(19)30)23(26(35)27(33)36)25(34)18-10-11-21-22(14-18)38-13-12-37-21/h2-11,14,24,34H,12-13,15H2,1H3/b25-23+/t24-/m1/s1. The number of aliphatic hydroxyl groups is 1. The lowest BCUT2D eigenvalue weighted by molar-refractivity contribution is -0.132. The maximum atomic E-state index is 15.2. The molecule has 1 atom stereocenters. The van der Waals surface area contributed by atoms with Crippen LogP contribution >= 0.6 is 23.1 Å². The molecule has 2 aliphatic rings. The Labute approximate surface area is 237 Å². The molecule has 0 spiro atoms. The number of rotatable bonds is 6. The first-order chi connectivity index (χ1) is 19.4. The van der Waals surface area contributed by atoms with E-state index >= 15 is 4.39 Å². The van der Waals surface area contributed by atoms with Gasteiger partial charge in [0.25, 0.3) is 5.78 Å². The molecule has 0 radical (unpaired) electrons. The van der Waals surface area contributed by atoms with E-state index in [0.29, 0.717) is 34.8 Å². The summed E-state index contributed by atoms with van der Waals surface area (Å²) in [5.74, 6) is -1.45. The average Bonchev–Trinajstić information content (AvgIpc) is 3.54. The van der Waals surface area contributed by atoms with Crippen LogP contribution in [0.5, 0.6) is 11.5 Å². The Kier molecular flexibility index (Phi) is 6.99. The second-order valence-electron chi connectivity index (χ2n) is 9.17. The molecule has 2 aliphatic heterocycles. The number of halogens is 1. The van der Waals surface area contributed by atoms with Crippen molar-refractivity contribution in [1.82, 2.24) is 10.2 Å². The molecule has 1 aromatic heterocycles. The lowest BCUT2D eigenvalue weighted by Gasteiger charge is -2.23. The molecule has 1 saturated heterocycles. The third kappa shape index (κ3) is 4.82. The highest BCUT2D eigenvalue weighted by molar-refractivity contribution is 8.00. The molecule has 4 aromatic rings. The molecule has 1 N–H and O–H groups in total. The average molecular weight is 576 g/mol. The van der Waals surface area contributed by atoms with Gasteiger partial charge in [0.1, 0.15) is 30.8 Å². The molecule has 1 fully saturated rings. The first-order valence-electron chi connectivity index (χ1n) is 12.4. The number of aliphatic hydroxyl groups excluding tert-OH is 1. The summed E-state index contributed by atoms with van der Waals surface area (Å²) in [4.78, 5) is 27.9. The molecule has 202 valence electrons. The molecule has 1 amide bonds. The van der Waals surface area contributed by atoms with Gasteiger partial charge in [-0.2, -0.15) is 0 Å². The van der Waals surface area contributed by atoms with Gasteiger partial charge in [-0.05, 0) is 36.8 Å². The minimum Gasteiger partial charge on any atom is -0.507 e. The molecular weight excluding hydrogens is 553 g/mol. The van der Waals surface area contributed by atoms with Crippen molar-refractivity contribution < 1.29 is 28.6 Å². The van der Waals surface area contributed by atoms with Crippen LogP contribution in [0, 0.1) is 12.7 Å². The number of ketones is 1. The maximum Gasteiger partial charge on any atom is 0.301 e. The number of nitrogens with zero attached hydrogens (tertiary/aromatic N) is 3. The summed E-state index contributed by atoms with van der Waals surface area (Å²) in [7, 11) is 0. The molecule has 40 heavy (non-hydrogen) atoms. The van der Waals surface area contributed by atoms with Gasteiger partial charge in [0, 0.05) is 16.9 Å². The van der Waals surface area contributed by atoms with Crippen molar-refractivity contribution in [2.45, 2.75) is 23.1 Å². The zero-order valence-corrected chi connectivity index (χ0v) is 22.8. The SMILES string of the molecule is Cc1ccc(CSc2nnc(N3C(=O)C(=O)/C(=C(/O)c4ccc5c(c4)OCCO5)[C@H]3c3ccccc3F)s2)cc1. The van der Waals surface area contributed by atoms with Crippen LogP contribution in [0.1, 0.15) is 28.3 Å². The van der Waals surface area contributed by atoms with E-state index in [1.807, 2.05) is 31.2 Å². The molecule has 0 saturated carbocycles. The Hall–Kier alpha value is -4.22. The zero-order valence-electron chi connectivity index (χ0n) is 21.2. The number of aryl methyl sites for hydroxylation is 1. The number of thioether (sulfide) groups is 1. The molecule has 0 unspecified atom stereocenters. The lowest BCUT2D eigenvalue weighted by atomic mass is 9.95. The van der Waals surface area contributed by atoms with E-state index in [1.54, 1.807) is 18.2 Å². The van der Waals surface area contributed by atoms with Crippen LogP contribution in [-0.2, 0) is 15.3 Å². The van der Waals surface area contributed by atoms with E-state index in [1.165, 1.54) is 36.0 Å². The van der Waals surface area contributed by atoms with Crippen molar-refractivity contribution in [2.75, 3.05) is 18.1 Å². The molecule has 3 heterocycles. The maximum absolute atomic E-state index is 15.2. The monoisotopic (exact) mass is 575 g/mol. The van der Waals surface area contributed by atoms with Gasteiger partial charge in [-0.3, -0.25) is 14.5 Å². The summed E-state index contributed by atoms with van der Waals surface area (Å²) in [6.45, 7) is 2.74. The van der Waals surface area contributed by atoms with Crippen LogP contribution in [0.4, 0.5) is 9.52 Å². The van der Waals surface area contributed by atoms with E-state index < -0.39 is 29.3 Å². The predicted octanol–water partition coefficient (Wildman–Crippen LogP) is 5.68. The Morgan fingerprint density at radius 2 is 1.80 bits per heavy atom. The van der Waals surface area contributed by atoms with Crippen molar-refractivity contribution >= 4 is 45.7 Å². The van der Waals surface area contributed by atoms with Crippen LogP contribution < -0.4 is 14.4 Å². The van der Waals surface area contributed by atoms with E-state index in [2.05, 4.69) is 10.2 Å². The van der Waals surface area contributed by atoms with Crippen LogP contribution in [0.25, 0.3) is 5.76 Å². The number of Topliss-reactive ketones (excluding diaryl/α,β-unsaturated/α-hetero) is 1. The third-order valence-corrected chi connectivity index (χ3v) is 8.67. The number of aromatic nitrogens is 2. The molecule has 8 nitrogen and oxygen atoms in total. The first-order valence-corrected chi connectivity index (χ1v) is 14.2. The summed E-state index contributed by atoms with van der Waals surface area (Å²) >= 11 is 2.56. The second-order valence-corrected chi connectivity index (χ2v) is 11.4. The summed E-state index contributed by atoms with van der Waals surface area (Å²) in [6.07, 6.45) is 0. The van der Waals surface area contributed by atoms with Crippen molar-refractivity contribution in [3.05, 3.63) is 100 Å². The summed E-state index contributed by atoms with van der Waals surface area (Å²) in [6, 6.07) is 17.4. The number of ether oxygens (including phenoxy) is 2. The first kappa shape index (κ1) is 26.0. The third-order valence-electron chi connectivity index (χ3n) is 6.54. The summed E-state index contributed by atoms with van der Waals surface area (Å²) in [5, 5.41) is 19.9. The number of hydrogen-bond acceptors (Lipinski definition) is 9. The largest absolute Gasteiger partial charge is 0.507 e. The van der Waals surface area contributed by atoms with E-state index in [0.717, 1.165) is 27.4 Å². The molecule has 6 rings (SSSR count). The van der Waals surface area contributed by atoms with Crippen LogP contribution in [0.3, 0.4) is 0 Å². The Bertz CT molecular complexity index is 1650. The van der Waals surface area contributed by atoms with Crippen molar-refractivity contribution in [2.24, 2.45) is 0 Å². The fourth-order valence-corrected chi connectivity index (χ4v) is 6.38. The van der Waals surface area contributed by atoms with Gasteiger partial charge in [-0.1, -0.05) is 71.1 Å². The predicted molar refractivity (Wildman–Crippen MR) is 149 cm³/mol. The Balaban J connectivity index is 1.39. The van der Waals surface area contributed by atoms with Gasteiger partial charge >= 0.3 is 5.91 Å². The van der Waals surface area contributed by atoms with Crippen LogP contribution in [0.15, 0.2) is 76.6 Å². The minimum absolute atomic E-state index is 0.0462. The second kappa shape index (κ2) is 10.7. The van der Waals surface area contributed by atoms with Gasteiger partial charge in [0.2, 0.25) is 5.13 Å². The molecular formula is C29H22FN3O5S2. The van der Waals surface area contributed by atoms with Gasteiger partial charge in [0.15, 0.2) is 15.8 Å². The highest BCUT2D eigenvalue weighted by atomic mass is 32.2.